The van der Waals surface area contributed by atoms with E-state index in [4.69, 9.17) is 4.42 Å². The average Bonchev–Trinajstić information content (AvgIpc) is 2.64. The fourth-order valence-electron chi connectivity index (χ4n) is 1.12. The number of aryl methyl sites for hydroxylation is 1. The Balaban J connectivity index is 1.96. The van der Waals surface area contributed by atoms with E-state index in [2.05, 4.69) is 51.8 Å². The van der Waals surface area contributed by atoms with Gasteiger partial charge in [-0.15, -0.1) is 0 Å². The first kappa shape index (κ1) is 11.0. The van der Waals surface area contributed by atoms with Crippen LogP contribution in [0.15, 0.2) is 40.2 Å². The van der Waals surface area contributed by atoms with Crippen molar-refractivity contribution in [3.63, 3.8) is 0 Å². The maximum absolute atomic E-state index is 5.26. The lowest BCUT2D eigenvalue weighted by molar-refractivity contribution is 0.454. The number of thioether (sulfide) groups is 1. The number of rotatable bonds is 3. The lowest BCUT2D eigenvalue weighted by atomic mass is 10.2. The molecule has 0 aliphatic heterocycles. The first-order valence-electron chi connectivity index (χ1n) is 4.53. The average molecular weight is 331 g/mol. The normalized spacial score (nSPS) is 10.5. The highest BCUT2D eigenvalue weighted by atomic mass is 127. The van der Waals surface area contributed by atoms with Crippen molar-refractivity contribution >= 4 is 34.4 Å². The molecule has 0 fully saturated rings. The fourth-order valence-corrected chi connectivity index (χ4v) is 2.29. The molecule has 0 spiro atoms. The predicted molar refractivity (Wildman–Crippen MR) is 70.0 cm³/mol. The first-order chi connectivity index (χ1) is 7.24. The summed E-state index contributed by atoms with van der Waals surface area (Å²) in [7, 11) is 0. The number of nitrogens with zero attached hydrogens (tertiary/aromatic N) is 1. The number of oxazole rings is 1. The molecule has 0 amide bonds. The van der Waals surface area contributed by atoms with Crippen molar-refractivity contribution in [3.05, 3.63) is 45.4 Å². The number of benzene rings is 1. The van der Waals surface area contributed by atoms with E-state index >= 15 is 0 Å². The summed E-state index contributed by atoms with van der Waals surface area (Å²) in [6.45, 7) is 1.93. The molecule has 0 atom stereocenters. The molecule has 15 heavy (non-hydrogen) atoms. The SMILES string of the molecule is Cc1coc(SCc2ccc(I)cc2)n1. The molecule has 1 aromatic heterocycles. The molecule has 1 heterocycles. The van der Waals surface area contributed by atoms with E-state index in [0.717, 1.165) is 16.7 Å². The molecule has 1 aromatic carbocycles. The second-order valence-corrected chi connectivity index (χ2v) is 5.34. The van der Waals surface area contributed by atoms with E-state index < -0.39 is 0 Å². The minimum Gasteiger partial charge on any atom is -0.440 e. The van der Waals surface area contributed by atoms with Crippen LogP contribution in [0.5, 0.6) is 0 Å². The molecular formula is C11H10INOS. The standard InChI is InChI=1S/C11H10INOS/c1-8-6-14-11(13-8)15-7-9-2-4-10(12)5-3-9/h2-6H,7H2,1H3. The van der Waals surface area contributed by atoms with E-state index in [9.17, 15) is 0 Å². The van der Waals surface area contributed by atoms with Crippen LogP contribution in [0.1, 0.15) is 11.3 Å². The van der Waals surface area contributed by atoms with E-state index in [0.29, 0.717) is 0 Å². The van der Waals surface area contributed by atoms with Crippen molar-refractivity contribution in [2.24, 2.45) is 0 Å². The van der Waals surface area contributed by atoms with Gasteiger partial charge in [0.2, 0.25) is 0 Å². The van der Waals surface area contributed by atoms with Crippen LogP contribution in [-0.2, 0) is 5.75 Å². The van der Waals surface area contributed by atoms with E-state index in [1.165, 1.54) is 9.13 Å². The Morgan fingerprint density at radius 2 is 2.07 bits per heavy atom. The van der Waals surface area contributed by atoms with Gasteiger partial charge in [-0.05, 0) is 47.2 Å². The van der Waals surface area contributed by atoms with Crippen LogP contribution in [0, 0.1) is 10.5 Å². The van der Waals surface area contributed by atoms with Gasteiger partial charge in [0.05, 0.1) is 5.69 Å². The van der Waals surface area contributed by atoms with Gasteiger partial charge in [0.25, 0.3) is 5.22 Å². The molecule has 0 aliphatic carbocycles. The molecule has 0 saturated carbocycles. The summed E-state index contributed by atoms with van der Waals surface area (Å²) >= 11 is 3.92. The quantitative estimate of drug-likeness (QED) is 0.631. The zero-order chi connectivity index (χ0) is 10.7. The van der Waals surface area contributed by atoms with Crippen molar-refractivity contribution in [1.82, 2.24) is 4.98 Å². The number of halogens is 1. The smallest absolute Gasteiger partial charge is 0.256 e. The summed E-state index contributed by atoms with van der Waals surface area (Å²) < 4.78 is 6.52. The third-order valence-electron chi connectivity index (χ3n) is 1.87. The van der Waals surface area contributed by atoms with Crippen LogP contribution >= 0.6 is 34.4 Å². The van der Waals surface area contributed by atoms with Crippen molar-refractivity contribution in [2.45, 2.75) is 17.9 Å². The van der Waals surface area contributed by atoms with Crippen LogP contribution < -0.4 is 0 Å². The molecule has 4 heteroatoms. The van der Waals surface area contributed by atoms with E-state index in [1.54, 1.807) is 18.0 Å². The number of aromatic nitrogens is 1. The Kier molecular flexibility index (Phi) is 3.69. The summed E-state index contributed by atoms with van der Waals surface area (Å²) in [6, 6.07) is 8.48. The van der Waals surface area contributed by atoms with Gasteiger partial charge in [-0.1, -0.05) is 23.9 Å². The minimum absolute atomic E-state index is 0.742. The zero-order valence-electron chi connectivity index (χ0n) is 8.24. The lowest BCUT2D eigenvalue weighted by Crippen LogP contribution is -1.81. The highest BCUT2D eigenvalue weighted by molar-refractivity contribution is 14.1. The third-order valence-corrected chi connectivity index (χ3v) is 3.50. The molecule has 2 nitrogen and oxygen atoms in total. The van der Waals surface area contributed by atoms with Gasteiger partial charge in [0, 0.05) is 9.32 Å². The van der Waals surface area contributed by atoms with E-state index in [-0.39, 0.29) is 0 Å². The zero-order valence-corrected chi connectivity index (χ0v) is 11.2. The molecule has 0 aliphatic rings. The minimum atomic E-state index is 0.742. The number of hydrogen-bond donors (Lipinski definition) is 0. The Morgan fingerprint density at radius 3 is 2.67 bits per heavy atom. The highest BCUT2D eigenvalue weighted by Crippen LogP contribution is 2.22. The van der Waals surface area contributed by atoms with Crippen molar-refractivity contribution in [1.29, 1.82) is 0 Å². The van der Waals surface area contributed by atoms with Gasteiger partial charge in [-0.2, -0.15) is 0 Å². The molecule has 2 aromatic rings. The fraction of sp³-hybridized carbons (Fsp3) is 0.182. The van der Waals surface area contributed by atoms with Crippen LogP contribution in [0.3, 0.4) is 0 Å². The second-order valence-electron chi connectivity index (χ2n) is 3.17. The van der Waals surface area contributed by atoms with Crippen LogP contribution in [0.4, 0.5) is 0 Å². The van der Waals surface area contributed by atoms with Gasteiger partial charge in [0.1, 0.15) is 6.26 Å². The van der Waals surface area contributed by atoms with Gasteiger partial charge in [-0.3, -0.25) is 0 Å². The molecule has 0 radical (unpaired) electrons. The van der Waals surface area contributed by atoms with Crippen LogP contribution in [0.25, 0.3) is 0 Å². The largest absolute Gasteiger partial charge is 0.440 e. The summed E-state index contributed by atoms with van der Waals surface area (Å²) in [5.74, 6) is 0.900. The molecule has 0 N–H and O–H groups in total. The highest BCUT2D eigenvalue weighted by Gasteiger charge is 2.01. The molecular weight excluding hydrogens is 321 g/mol. The van der Waals surface area contributed by atoms with Crippen LogP contribution in [-0.4, -0.2) is 4.98 Å². The maximum Gasteiger partial charge on any atom is 0.256 e. The van der Waals surface area contributed by atoms with Crippen molar-refractivity contribution in [3.8, 4) is 0 Å². The summed E-state index contributed by atoms with van der Waals surface area (Å²) in [6.07, 6.45) is 1.68. The van der Waals surface area contributed by atoms with E-state index in [1.807, 2.05) is 6.92 Å². The molecule has 0 bridgehead atoms. The maximum atomic E-state index is 5.26. The Labute approximate surface area is 107 Å². The van der Waals surface area contributed by atoms with Crippen molar-refractivity contribution < 1.29 is 4.42 Å². The molecule has 0 unspecified atom stereocenters. The van der Waals surface area contributed by atoms with Gasteiger partial charge >= 0.3 is 0 Å². The van der Waals surface area contributed by atoms with Gasteiger partial charge in [0.15, 0.2) is 0 Å². The monoisotopic (exact) mass is 331 g/mol. The number of hydrogen-bond acceptors (Lipinski definition) is 3. The lowest BCUT2D eigenvalue weighted by Gasteiger charge is -1.98. The topological polar surface area (TPSA) is 26.0 Å². The Morgan fingerprint density at radius 1 is 1.33 bits per heavy atom. The second kappa shape index (κ2) is 5.03. The molecule has 0 saturated heterocycles. The third kappa shape index (κ3) is 3.24. The first-order valence-corrected chi connectivity index (χ1v) is 6.60. The van der Waals surface area contributed by atoms with Crippen molar-refractivity contribution in [2.75, 3.05) is 0 Å². The summed E-state index contributed by atoms with van der Waals surface area (Å²) in [5.41, 5.74) is 2.22. The Hall–Kier alpha value is -0.490. The molecule has 2 rings (SSSR count). The summed E-state index contributed by atoms with van der Waals surface area (Å²) in [4.78, 5) is 4.24. The summed E-state index contributed by atoms with van der Waals surface area (Å²) in [5, 5.41) is 0.742. The predicted octanol–water partition coefficient (Wildman–Crippen LogP) is 3.88. The van der Waals surface area contributed by atoms with Crippen LogP contribution in [0.2, 0.25) is 0 Å². The van der Waals surface area contributed by atoms with Gasteiger partial charge in [-0.25, -0.2) is 4.98 Å². The van der Waals surface area contributed by atoms with Gasteiger partial charge < -0.3 is 4.42 Å². The molecule has 78 valence electrons. The Bertz CT molecular complexity index is 438.